The summed E-state index contributed by atoms with van der Waals surface area (Å²) in [4.78, 5) is 0. The van der Waals surface area contributed by atoms with Gasteiger partial charge < -0.3 is 76.2 Å². The molecule has 1 N–H and O–H groups in total. The lowest BCUT2D eigenvalue weighted by atomic mass is 9.96. The van der Waals surface area contributed by atoms with Gasteiger partial charge in [-0.15, -0.1) is 0 Å². The number of hydrogen-bond acceptors (Lipinski definition) is 16. The van der Waals surface area contributed by atoms with E-state index in [2.05, 4.69) is 69.2 Å². The van der Waals surface area contributed by atoms with Gasteiger partial charge in [0.25, 0.3) is 0 Å². The van der Waals surface area contributed by atoms with Gasteiger partial charge in [-0.25, -0.2) is 0 Å². The van der Waals surface area contributed by atoms with E-state index in [-0.39, 0.29) is 13.2 Å². The summed E-state index contributed by atoms with van der Waals surface area (Å²) in [5.41, 5.74) is 0. The largest absolute Gasteiger partial charge is 0.379 e. The molecule has 3 rings (SSSR count). The molecule has 0 aromatic rings. The molecule has 3 aliphatic rings. The van der Waals surface area contributed by atoms with Crippen LogP contribution in [0.4, 0.5) is 0 Å². The van der Waals surface area contributed by atoms with Crippen LogP contribution in [0.5, 0.6) is 0 Å². The summed E-state index contributed by atoms with van der Waals surface area (Å²) in [5, 5.41) is 11.7. The Bertz CT molecular complexity index is 1270. The van der Waals surface area contributed by atoms with Crippen molar-refractivity contribution in [2.75, 3.05) is 85.9 Å². The minimum Gasteiger partial charge on any atom is -0.379 e. The zero-order valence-corrected chi connectivity index (χ0v) is 48.6. The van der Waals surface area contributed by atoms with E-state index in [9.17, 15) is 5.11 Å². The van der Waals surface area contributed by atoms with E-state index in [0.717, 1.165) is 128 Å². The third-order valence-electron chi connectivity index (χ3n) is 13.8. The molecule has 16 nitrogen and oxygen atoms in total. The molecule has 0 aromatic carbocycles. The van der Waals surface area contributed by atoms with Crippen molar-refractivity contribution < 1.29 is 76.2 Å². The van der Waals surface area contributed by atoms with Crippen LogP contribution in [0.3, 0.4) is 0 Å². The van der Waals surface area contributed by atoms with E-state index in [4.69, 9.17) is 71.1 Å². The van der Waals surface area contributed by atoms with Crippen molar-refractivity contribution >= 4 is 0 Å². The Morgan fingerprint density at radius 1 is 0.257 bits per heavy atom. The van der Waals surface area contributed by atoms with Crippen LogP contribution in [0.1, 0.15) is 198 Å². The van der Waals surface area contributed by atoms with E-state index in [1.807, 2.05) is 0 Å². The third kappa shape index (κ3) is 24.4. The van der Waals surface area contributed by atoms with Crippen molar-refractivity contribution in [3.8, 4) is 0 Å². The second-order valence-electron chi connectivity index (χ2n) is 20.4. The molecule has 440 valence electrons. The maximum absolute atomic E-state index is 11.7. The summed E-state index contributed by atoms with van der Waals surface area (Å²) in [5.74, 6) is 0. The predicted octanol–water partition coefficient (Wildman–Crippen LogP) is 10.7. The van der Waals surface area contributed by atoms with Gasteiger partial charge in [-0.2, -0.15) is 0 Å². The lowest BCUT2D eigenvalue weighted by Gasteiger charge is -2.48. The van der Waals surface area contributed by atoms with E-state index >= 15 is 0 Å². The molecule has 0 radical (unpaired) electrons. The first-order chi connectivity index (χ1) is 36.3. The molecule has 0 aliphatic carbocycles. The molecule has 3 fully saturated rings. The zero-order valence-electron chi connectivity index (χ0n) is 48.6. The average molecular weight is 1070 g/mol. The normalized spacial score (nSPS) is 30.6. The first-order valence-corrected chi connectivity index (χ1v) is 30.3. The molecule has 7 unspecified atom stereocenters. The van der Waals surface area contributed by atoms with Crippen LogP contribution in [-0.4, -0.2) is 183 Å². The molecule has 0 aromatic heterocycles. The third-order valence-corrected chi connectivity index (χ3v) is 13.8. The van der Waals surface area contributed by atoms with Gasteiger partial charge in [-0.1, -0.05) is 133 Å². The van der Waals surface area contributed by atoms with Gasteiger partial charge in [-0.3, -0.25) is 0 Å². The van der Waals surface area contributed by atoms with Crippen LogP contribution < -0.4 is 0 Å². The Kier molecular flexibility index (Phi) is 39.5. The van der Waals surface area contributed by atoms with Gasteiger partial charge in [0.15, 0.2) is 18.9 Å². The predicted molar refractivity (Wildman–Crippen MR) is 288 cm³/mol. The quantitative estimate of drug-likeness (QED) is 0.0573. The molecule has 0 bridgehead atoms. The van der Waals surface area contributed by atoms with Gasteiger partial charge in [0.1, 0.15) is 73.2 Å². The minimum atomic E-state index is -1.26. The lowest BCUT2D eigenvalue weighted by molar-refractivity contribution is -0.357. The van der Waals surface area contributed by atoms with Crippen LogP contribution in [0.15, 0.2) is 0 Å². The minimum absolute atomic E-state index is 0.00702. The Balaban J connectivity index is 2.11. The Hall–Kier alpha value is -0.640. The maximum atomic E-state index is 11.7. The van der Waals surface area contributed by atoms with E-state index in [1.165, 1.54) is 0 Å². The number of hydrogen-bond donors (Lipinski definition) is 1. The Morgan fingerprint density at radius 2 is 0.500 bits per heavy atom. The topological polar surface area (TPSA) is 159 Å². The Labute approximate surface area is 450 Å². The molecule has 3 heterocycles. The van der Waals surface area contributed by atoms with Gasteiger partial charge in [0.05, 0.1) is 19.8 Å². The highest BCUT2D eigenvalue weighted by Gasteiger charge is 2.53. The maximum Gasteiger partial charge on any atom is 0.187 e. The first-order valence-electron chi connectivity index (χ1n) is 30.3. The van der Waals surface area contributed by atoms with Gasteiger partial charge in [0, 0.05) is 66.1 Å². The fourth-order valence-electron chi connectivity index (χ4n) is 9.12. The fraction of sp³-hybridized carbons (Fsp3) is 1.00. The molecule has 0 saturated carbocycles. The number of rotatable bonds is 47. The van der Waals surface area contributed by atoms with Gasteiger partial charge in [0.2, 0.25) is 0 Å². The van der Waals surface area contributed by atoms with Crippen LogP contribution in [0.25, 0.3) is 0 Å². The molecule has 74 heavy (non-hydrogen) atoms. The SMILES string of the molecule is CCCCOCC1O[C@H](OCC2O[C@H](OCC3O[C@H](O)C(OCCCC)[C@@H](OCCCC)[C@@H]3OCCCC)C(OCCCC)[C@@H](OCCCC)[C@@H]2OCCCC)C(OCCCC)C(OCCCC)[C@@H]1OCCCC. The van der Waals surface area contributed by atoms with E-state index in [0.29, 0.717) is 72.7 Å². The van der Waals surface area contributed by atoms with Crippen molar-refractivity contribution in [3.05, 3.63) is 0 Å². The Morgan fingerprint density at radius 3 is 0.824 bits per heavy atom. The van der Waals surface area contributed by atoms with E-state index < -0.39 is 92.1 Å². The van der Waals surface area contributed by atoms with Crippen molar-refractivity contribution in [3.63, 3.8) is 0 Å². The second-order valence-corrected chi connectivity index (χ2v) is 20.4. The monoisotopic (exact) mass is 1060 g/mol. The van der Waals surface area contributed by atoms with E-state index in [1.54, 1.807) is 0 Å². The highest BCUT2D eigenvalue weighted by atomic mass is 16.8. The molecular formula is C58H112O16. The second kappa shape index (κ2) is 43.2. The summed E-state index contributed by atoms with van der Waals surface area (Å²) in [6.45, 7) is 27.0. The molecule has 0 spiro atoms. The summed E-state index contributed by atoms with van der Waals surface area (Å²) in [6.07, 6.45) is 8.25. The summed E-state index contributed by atoms with van der Waals surface area (Å²) >= 11 is 0. The van der Waals surface area contributed by atoms with Gasteiger partial charge in [-0.05, 0) is 64.2 Å². The molecule has 3 aliphatic heterocycles. The lowest BCUT2D eigenvalue weighted by Crippen LogP contribution is -2.65. The van der Waals surface area contributed by atoms with Crippen LogP contribution in [0.2, 0.25) is 0 Å². The standard InChI is InChI=1S/C58H112O16/c1-11-21-31-60-41-44-47(61-32-22-12-2)51(65-36-26-16-6)54(68-39-29-19-9)57(73-44)71-43-46-49(63-34-24-14-4)52(66-37-27-17-7)55(69-40-30-20-10)58(74-46)70-42-45-48(62-33-23-13-3)50(64-35-25-15-5)53(56(59)72-45)67-38-28-18-8/h44-59H,11-43H2,1-10H3/t44?,45?,46?,47-,48-,49-,50+,51?,52+,53?,54?,55?,56+,57+,58+/m1/s1. The molecule has 16 heteroatoms. The zero-order chi connectivity index (χ0) is 53.6. The van der Waals surface area contributed by atoms with Crippen molar-refractivity contribution in [1.82, 2.24) is 0 Å². The number of aliphatic hydroxyl groups excluding tert-OH is 1. The fourth-order valence-corrected chi connectivity index (χ4v) is 9.12. The molecule has 3 saturated heterocycles. The molecule has 0 amide bonds. The smallest absolute Gasteiger partial charge is 0.187 e. The number of aliphatic hydroxyl groups is 1. The van der Waals surface area contributed by atoms with Crippen molar-refractivity contribution in [2.45, 2.75) is 290 Å². The summed E-state index contributed by atoms with van der Waals surface area (Å²) in [7, 11) is 0. The number of unbranched alkanes of at least 4 members (excludes halogenated alkanes) is 10. The molecule has 15 atom stereocenters. The summed E-state index contributed by atoms with van der Waals surface area (Å²) < 4.78 is 101. The van der Waals surface area contributed by atoms with Gasteiger partial charge >= 0.3 is 0 Å². The van der Waals surface area contributed by atoms with Crippen LogP contribution >= 0.6 is 0 Å². The first kappa shape index (κ1) is 67.6. The molecular weight excluding hydrogens is 953 g/mol. The van der Waals surface area contributed by atoms with Crippen LogP contribution in [0, 0.1) is 0 Å². The number of ether oxygens (including phenoxy) is 15. The van der Waals surface area contributed by atoms with Crippen LogP contribution in [-0.2, 0) is 71.1 Å². The van der Waals surface area contributed by atoms with Crippen molar-refractivity contribution in [2.24, 2.45) is 0 Å². The summed E-state index contributed by atoms with van der Waals surface area (Å²) in [6, 6.07) is 0. The van der Waals surface area contributed by atoms with Crippen molar-refractivity contribution in [1.29, 1.82) is 0 Å². The highest BCUT2D eigenvalue weighted by molar-refractivity contribution is 4.97. The highest BCUT2D eigenvalue weighted by Crippen LogP contribution is 2.35. The average Bonchev–Trinajstić information content (AvgIpc) is 3.40.